The molecule has 0 fully saturated rings. The van der Waals surface area contributed by atoms with Gasteiger partial charge in [0.15, 0.2) is 0 Å². The van der Waals surface area contributed by atoms with E-state index in [-0.39, 0.29) is 0 Å². The predicted molar refractivity (Wildman–Crippen MR) is 100 cm³/mol. The molecule has 7 heteroatoms. The van der Waals surface area contributed by atoms with Crippen LogP contribution in [-0.2, 0) is 0 Å². The summed E-state index contributed by atoms with van der Waals surface area (Å²) in [7, 11) is 0. The summed E-state index contributed by atoms with van der Waals surface area (Å²) >= 11 is 15.6. The molecule has 0 radical (unpaired) electrons. The van der Waals surface area contributed by atoms with Crippen LogP contribution in [0, 0.1) is 6.92 Å². The maximum atomic E-state index is 6.17. The summed E-state index contributed by atoms with van der Waals surface area (Å²) in [4.78, 5) is 4.78. The Kier molecular flexibility index (Phi) is 5.01. The lowest BCUT2D eigenvalue weighted by atomic mass is 10.2. The molecule has 23 heavy (non-hydrogen) atoms. The standard InChI is InChI=1S/C16H15Cl2N3S2/c1-9(2)22-15-14(11-4-5-12(17)13(18)8-11)19-16(23-15)21-7-6-10(3)20-21/h4-9H,1-3H3. The zero-order valence-corrected chi connectivity index (χ0v) is 16.0. The number of rotatable bonds is 4. The van der Waals surface area contributed by atoms with Crippen molar-refractivity contribution in [2.45, 2.75) is 30.2 Å². The second-order valence-electron chi connectivity index (χ2n) is 5.33. The Morgan fingerprint density at radius 3 is 2.57 bits per heavy atom. The Hall–Kier alpha value is -1.01. The fourth-order valence-electron chi connectivity index (χ4n) is 2.03. The monoisotopic (exact) mass is 383 g/mol. The molecule has 2 aromatic heterocycles. The Balaban J connectivity index is 2.09. The first-order valence-corrected chi connectivity index (χ1v) is 9.55. The highest BCUT2D eigenvalue weighted by Crippen LogP contribution is 2.40. The third kappa shape index (κ3) is 3.74. The Labute approximate surface area is 153 Å². The first-order valence-electron chi connectivity index (χ1n) is 7.09. The fourth-order valence-corrected chi connectivity index (χ4v) is 4.79. The maximum Gasteiger partial charge on any atom is 0.211 e. The molecule has 3 aromatic rings. The molecule has 3 nitrogen and oxygen atoms in total. The van der Waals surface area contributed by atoms with Crippen molar-refractivity contribution in [1.82, 2.24) is 14.8 Å². The summed E-state index contributed by atoms with van der Waals surface area (Å²) in [6, 6.07) is 7.59. The van der Waals surface area contributed by atoms with Crippen LogP contribution in [0.25, 0.3) is 16.4 Å². The molecule has 0 unspecified atom stereocenters. The van der Waals surface area contributed by atoms with Crippen molar-refractivity contribution in [3.05, 3.63) is 46.2 Å². The van der Waals surface area contributed by atoms with Crippen LogP contribution in [0.5, 0.6) is 0 Å². The highest BCUT2D eigenvalue weighted by molar-refractivity contribution is 8.01. The SMILES string of the molecule is Cc1ccn(-c2nc(-c3ccc(Cl)c(Cl)c3)c(SC(C)C)s2)n1. The van der Waals surface area contributed by atoms with Gasteiger partial charge in [-0.3, -0.25) is 0 Å². The van der Waals surface area contributed by atoms with Gasteiger partial charge in [0.05, 0.1) is 25.6 Å². The third-order valence-electron chi connectivity index (χ3n) is 3.04. The zero-order valence-electron chi connectivity index (χ0n) is 12.9. The van der Waals surface area contributed by atoms with Crippen LogP contribution >= 0.6 is 46.3 Å². The summed E-state index contributed by atoms with van der Waals surface area (Å²) in [6.45, 7) is 6.30. The first-order chi connectivity index (χ1) is 10.9. The summed E-state index contributed by atoms with van der Waals surface area (Å²) < 4.78 is 2.97. The molecule has 0 aliphatic rings. The number of hydrogen-bond donors (Lipinski definition) is 0. The maximum absolute atomic E-state index is 6.17. The van der Waals surface area contributed by atoms with Crippen molar-refractivity contribution in [1.29, 1.82) is 0 Å². The van der Waals surface area contributed by atoms with Crippen LogP contribution in [0.1, 0.15) is 19.5 Å². The van der Waals surface area contributed by atoms with E-state index in [9.17, 15) is 0 Å². The van der Waals surface area contributed by atoms with Crippen molar-refractivity contribution in [3.63, 3.8) is 0 Å². The van der Waals surface area contributed by atoms with E-state index < -0.39 is 0 Å². The lowest BCUT2D eigenvalue weighted by molar-refractivity contribution is 0.853. The van der Waals surface area contributed by atoms with Crippen molar-refractivity contribution < 1.29 is 0 Å². The summed E-state index contributed by atoms with van der Waals surface area (Å²) in [5, 5.41) is 6.84. The topological polar surface area (TPSA) is 30.7 Å². The summed E-state index contributed by atoms with van der Waals surface area (Å²) in [5.41, 5.74) is 2.86. The van der Waals surface area contributed by atoms with Crippen LogP contribution in [0.15, 0.2) is 34.7 Å². The number of thiazole rings is 1. The molecule has 0 bridgehead atoms. The number of benzene rings is 1. The number of aromatic nitrogens is 3. The molecule has 0 spiro atoms. The van der Waals surface area contributed by atoms with E-state index in [0.29, 0.717) is 15.3 Å². The number of aryl methyl sites for hydroxylation is 1. The van der Waals surface area contributed by atoms with Gasteiger partial charge >= 0.3 is 0 Å². The first kappa shape index (κ1) is 16.8. The van der Waals surface area contributed by atoms with Gasteiger partial charge in [0.2, 0.25) is 5.13 Å². The number of nitrogens with zero attached hydrogens (tertiary/aromatic N) is 3. The molecule has 0 aliphatic heterocycles. The van der Waals surface area contributed by atoms with Gasteiger partial charge in [0.1, 0.15) is 0 Å². The lowest BCUT2D eigenvalue weighted by Gasteiger charge is -2.05. The second-order valence-corrected chi connectivity index (χ2v) is 8.97. The van der Waals surface area contributed by atoms with Crippen molar-refractivity contribution in [2.75, 3.05) is 0 Å². The number of hydrogen-bond acceptors (Lipinski definition) is 4. The molecular weight excluding hydrogens is 369 g/mol. The van der Waals surface area contributed by atoms with E-state index in [0.717, 1.165) is 26.3 Å². The fraction of sp³-hybridized carbons (Fsp3) is 0.250. The number of thioether (sulfide) groups is 1. The van der Waals surface area contributed by atoms with Crippen LogP contribution in [0.2, 0.25) is 10.0 Å². The van der Waals surface area contributed by atoms with Crippen LogP contribution < -0.4 is 0 Å². The molecule has 0 N–H and O–H groups in total. The molecule has 0 aliphatic carbocycles. The highest BCUT2D eigenvalue weighted by atomic mass is 35.5. The Morgan fingerprint density at radius 1 is 1.17 bits per heavy atom. The molecule has 0 saturated heterocycles. The minimum absolute atomic E-state index is 0.462. The van der Waals surface area contributed by atoms with E-state index in [1.807, 2.05) is 36.0 Å². The third-order valence-corrected chi connectivity index (χ3v) is 6.04. The Morgan fingerprint density at radius 2 is 1.96 bits per heavy atom. The van der Waals surface area contributed by atoms with Gasteiger partial charge in [-0.05, 0) is 25.1 Å². The van der Waals surface area contributed by atoms with Crippen LogP contribution in [0.3, 0.4) is 0 Å². The van der Waals surface area contributed by atoms with Gasteiger partial charge < -0.3 is 0 Å². The molecule has 120 valence electrons. The van der Waals surface area contributed by atoms with Gasteiger partial charge in [0, 0.05) is 17.0 Å². The normalized spacial score (nSPS) is 11.4. The summed E-state index contributed by atoms with van der Waals surface area (Å²) in [5.74, 6) is 0. The quantitative estimate of drug-likeness (QED) is 0.509. The largest absolute Gasteiger partial charge is 0.217 e. The second kappa shape index (κ2) is 6.85. The van der Waals surface area contributed by atoms with E-state index in [4.69, 9.17) is 28.2 Å². The molecule has 0 saturated carbocycles. The van der Waals surface area contributed by atoms with Gasteiger partial charge in [-0.1, -0.05) is 54.5 Å². The minimum atomic E-state index is 0.462. The van der Waals surface area contributed by atoms with E-state index in [2.05, 4.69) is 18.9 Å². The molecule has 0 atom stereocenters. The van der Waals surface area contributed by atoms with Crippen LogP contribution in [0.4, 0.5) is 0 Å². The average molecular weight is 384 g/mol. The van der Waals surface area contributed by atoms with Gasteiger partial charge in [-0.25, -0.2) is 9.67 Å². The van der Waals surface area contributed by atoms with Crippen molar-refractivity contribution in [2.24, 2.45) is 0 Å². The number of halogens is 2. The van der Waals surface area contributed by atoms with Crippen LogP contribution in [-0.4, -0.2) is 20.0 Å². The van der Waals surface area contributed by atoms with Gasteiger partial charge in [0.25, 0.3) is 0 Å². The zero-order chi connectivity index (χ0) is 16.6. The molecule has 2 heterocycles. The van der Waals surface area contributed by atoms with Gasteiger partial charge in [-0.2, -0.15) is 5.10 Å². The summed E-state index contributed by atoms with van der Waals surface area (Å²) in [6.07, 6.45) is 1.93. The smallest absolute Gasteiger partial charge is 0.211 e. The Bertz CT molecular complexity index is 840. The van der Waals surface area contributed by atoms with E-state index >= 15 is 0 Å². The molecule has 1 aromatic carbocycles. The molecule has 0 amide bonds. The van der Waals surface area contributed by atoms with E-state index in [1.165, 1.54) is 0 Å². The predicted octanol–water partition coefficient (Wildman–Crippen LogP) is 6.11. The molecular formula is C16H15Cl2N3S2. The lowest BCUT2D eigenvalue weighted by Crippen LogP contribution is -1.94. The van der Waals surface area contributed by atoms with E-state index in [1.54, 1.807) is 29.2 Å². The van der Waals surface area contributed by atoms with Crippen molar-refractivity contribution in [3.8, 4) is 16.4 Å². The van der Waals surface area contributed by atoms with Gasteiger partial charge in [-0.15, -0.1) is 11.8 Å². The average Bonchev–Trinajstić information content (AvgIpc) is 3.08. The molecule has 3 rings (SSSR count). The highest BCUT2D eigenvalue weighted by Gasteiger charge is 2.17. The van der Waals surface area contributed by atoms with Crippen molar-refractivity contribution >= 4 is 46.3 Å². The minimum Gasteiger partial charge on any atom is -0.217 e.